The predicted octanol–water partition coefficient (Wildman–Crippen LogP) is 3.17. The monoisotopic (exact) mass is 200 g/mol. The summed E-state index contributed by atoms with van der Waals surface area (Å²) in [5.41, 5.74) is 1.28. The van der Waals surface area contributed by atoms with Crippen molar-refractivity contribution >= 4 is 0 Å². The van der Waals surface area contributed by atoms with Crippen molar-refractivity contribution in [1.82, 2.24) is 0 Å². The molecule has 0 heterocycles. The van der Waals surface area contributed by atoms with E-state index in [-0.39, 0.29) is 0 Å². The van der Waals surface area contributed by atoms with Crippen LogP contribution in [0.2, 0.25) is 0 Å². The van der Waals surface area contributed by atoms with Crippen LogP contribution in [0.1, 0.15) is 18.4 Å². The van der Waals surface area contributed by atoms with Crippen LogP contribution in [-0.2, 0) is 11.3 Å². The molecule has 0 amide bonds. The Labute approximate surface area is 90.8 Å². The van der Waals surface area contributed by atoms with Gasteiger partial charge in [-0.1, -0.05) is 42.5 Å². The summed E-state index contributed by atoms with van der Waals surface area (Å²) in [5.74, 6) is 1.49. The maximum Gasteiger partial charge on any atom is 0.0720 e. The molecule has 1 fully saturated rings. The lowest BCUT2D eigenvalue weighted by atomic mass is 10.0. The van der Waals surface area contributed by atoms with Crippen LogP contribution in [0.4, 0.5) is 0 Å². The second kappa shape index (κ2) is 3.82. The standard InChI is InChI=1S/C14H16O/c1-2-4-11(5-3-1)10-15-14-9-12-6-7-13(14)8-12/h1-7,12-14H,8-10H2/t12-,13+,14+/m0/s1. The molecule has 15 heavy (non-hydrogen) atoms. The first kappa shape index (κ1) is 9.17. The molecule has 0 aliphatic heterocycles. The fourth-order valence-corrected chi connectivity index (χ4v) is 2.70. The van der Waals surface area contributed by atoms with Crippen molar-refractivity contribution in [1.29, 1.82) is 0 Å². The van der Waals surface area contributed by atoms with Crippen molar-refractivity contribution < 1.29 is 4.74 Å². The average Bonchev–Trinajstić information content (AvgIpc) is 2.89. The fourth-order valence-electron chi connectivity index (χ4n) is 2.70. The number of ether oxygens (including phenoxy) is 1. The molecule has 0 radical (unpaired) electrons. The summed E-state index contributed by atoms with van der Waals surface area (Å²) >= 11 is 0. The van der Waals surface area contributed by atoms with Gasteiger partial charge in [-0.05, 0) is 24.3 Å². The second-order valence-electron chi connectivity index (χ2n) is 4.62. The van der Waals surface area contributed by atoms with Crippen LogP contribution in [0.5, 0.6) is 0 Å². The van der Waals surface area contributed by atoms with E-state index in [1.807, 2.05) is 6.07 Å². The summed E-state index contributed by atoms with van der Waals surface area (Å²) in [6.45, 7) is 0.766. The van der Waals surface area contributed by atoms with Gasteiger partial charge in [0.2, 0.25) is 0 Å². The molecular formula is C14H16O. The summed E-state index contributed by atoms with van der Waals surface area (Å²) in [6.07, 6.45) is 7.71. The Morgan fingerprint density at radius 1 is 1.07 bits per heavy atom. The van der Waals surface area contributed by atoms with Crippen LogP contribution in [0.25, 0.3) is 0 Å². The molecule has 0 saturated heterocycles. The molecule has 3 rings (SSSR count). The van der Waals surface area contributed by atoms with Gasteiger partial charge in [-0.15, -0.1) is 0 Å². The van der Waals surface area contributed by atoms with E-state index >= 15 is 0 Å². The highest BCUT2D eigenvalue weighted by Gasteiger charge is 2.36. The fraction of sp³-hybridized carbons (Fsp3) is 0.429. The quantitative estimate of drug-likeness (QED) is 0.681. The third-order valence-electron chi connectivity index (χ3n) is 3.52. The van der Waals surface area contributed by atoms with Crippen molar-refractivity contribution in [3.8, 4) is 0 Å². The van der Waals surface area contributed by atoms with Crippen molar-refractivity contribution in [2.75, 3.05) is 0 Å². The van der Waals surface area contributed by atoms with Gasteiger partial charge in [0.15, 0.2) is 0 Å². The first-order valence-electron chi connectivity index (χ1n) is 5.75. The van der Waals surface area contributed by atoms with Crippen LogP contribution in [0.3, 0.4) is 0 Å². The largest absolute Gasteiger partial charge is 0.373 e. The van der Waals surface area contributed by atoms with E-state index in [0.717, 1.165) is 12.5 Å². The third kappa shape index (κ3) is 1.84. The molecule has 1 aromatic rings. The van der Waals surface area contributed by atoms with Gasteiger partial charge in [0.25, 0.3) is 0 Å². The molecule has 0 unspecified atom stereocenters. The Hall–Kier alpha value is -1.08. The van der Waals surface area contributed by atoms with Crippen molar-refractivity contribution in [2.45, 2.75) is 25.6 Å². The lowest BCUT2D eigenvalue weighted by molar-refractivity contribution is 0.0245. The summed E-state index contributed by atoms with van der Waals surface area (Å²) in [6, 6.07) is 10.4. The van der Waals surface area contributed by atoms with Crippen LogP contribution in [0, 0.1) is 11.8 Å². The molecular weight excluding hydrogens is 184 g/mol. The van der Waals surface area contributed by atoms with Gasteiger partial charge in [0.05, 0.1) is 12.7 Å². The van der Waals surface area contributed by atoms with Gasteiger partial charge >= 0.3 is 0 Å². The number of allylic oxidation sites excluding steroid dienone is 1. The van der Waals surface area contributed by atoms with E-state index in [2.05, 4.69) is 36.4 Å². The van der Waals surface area contributed by atoms with Crippen molar-refractivity contribution in [3.63, 3.8) is 0 Å². The molecule has 1 aromatic carbocycles. The van der Waals surface area contributed by atoms with E-state index in [0.29, 0.717) is 12.0 Å². The van der Waals surface area contributed by atoms with E-state index in [4.69, 9.17) is 4.74 Å². The maximum atomic E-state index is 5.97. The third-order valence-corrected chi connectivity index (χ3v) is 3.52. The molecule has 1 saturated carbocycles. The number of hydrogen-bond acceptors (Lipinski definition) is 1. The predicted molar refractivity (Wildman–Crippen MR) is 60.4 cm³/mol. The second-order valence-corrected chi connectivity index (χ2v) is 4.62. The summed E-state index contributed by atoms with van der Waals surface area (Å²) in [5, 5.41) is 0. The molecule has 1 heteroatoms. The highest BCUT2D eigenvalue weighted by atomic mass is 16.5. The Kier molecular flexibility index (Phi) is 2.34. The first-order valence-corrected chi connectivity index (χ1v) is 5.75. The van der Waals surface area contributed by atoms with Crippen LogP contribution in [0.15, 0.2) is 42.5 Å². The maximum absolute atomic E-state index is 5.97. The highest BCUT2D eigenvalue weighted by molar-refractivity contribution is 5.14. The van der Waals surface area contributed by atoms with Gasteiger partial charge < -0.3 is 4.74 Å². The Balaban J connectivity index is 1.57. The van der Waals surface area contributed by atoms with E-state index < -0.39 is 0 Å². The van der Waals surface area contributed by atoms with Gasteiger partial charge in [0.1, 0.15) is 0 Å². The highest BCUT2D eigenvalue weighted by Crippen LogP contribution is 2.40. The number of fused-ring (bicyclic) bond motifs is 2. The molecule has 1 nitrogen and oxygen atoms in total. The van der Waals surface area contributed by atoms with E-state index in [1.165, 1.54) is 18.4 Å². The van der Waals surface area contributed by atoms with Gasteiger partial charge in [0, 0.05) is 5.92 Å². The minimum Gasteiger partial charge on any atom is -0.373 e. The molecule has 0 aromatic heterocycles. The van der Waals surface area contributed by atoms with Crippen molar-refractivity contribution in [2.24, 2.45) is 11.8 Å². The summed E-state index contributed by atoms with van der Waals surface area (Å²) in [7, 11) is 0. The molecule has 2 bridgehead atoms. The molecule has 0 N–H and O–H groups in total. The molecule has 3 atom stereocenters. The molecule has 2 aliphatic carbocycles. The molecule has 78 valence electrons. The number of benzene rings is 1. The van der Waals surface area contributed by atoms with Crippen LogP contribution < -0.4 is 0 Å². The van der Waals surface area contributed by atoms with Gasteiger partial charge in [-0.25, -0.2) is 0 Å². The Morgan fingerprint density at radius 3 is 2.60 bits per heavy atom. The zero-order valence-electron chi connectivity index (χ0n) is 8.80. The lowest BCUT2D eigenvalue weighted by Gasteiger charge is -2.18. The van der Waals surface area contributed by atoms with Gasteiger partial charge in [-0.3, -0.25) is 0 Å². The van der Waals surface area contributed by atoms with Crippen LogP contribution in [-0.4, -0.2) is 6.10 Å². The van der Waals surface area contributed by atoms with Crippen molar-refractivity contribution in [3.05, 3.63) is 48.0 Å². The Bertz CT molecular complexity index is 355. The lowest BCUT2D eigenvalue weighted by Crippen LogP contribution is -2.17. The average molecular weight is 200 g/mol. The topological polar surface area (TPSA) is 9.23 Å². The smallest absolute Gasteiger partial charge is 0.0720 e. The first-order chi connectivity index (χ1) is 7.42. The zero-order valence-corrected chi connectivity index (χ0v) is 8.80. The number of hydrogen-bond donors (Lipinski definition) is 0. The molecule has 0 spiro atoms. The minimum atomic E-state index is 0.472. The van der Waals surface area contributed by atoms with Crippen LogP contribution >= 0.6 is 0 Å². The molecule has 2 aliphatic rings. The summed E-state index contributed by atoms with van der Waals surface area (Å²) in [4.78, 5) is 0. The van der Waals surface area contributed by atoms with E-state index in [9.17, 15) is 0 Å². The zero-order chi connectivity index (χ0) is 10.1. The SMILES string of the molecule is C1=C[C@@H]2C[C@H]1C[C@H]2OCc1ccccc1. The number of rotatable bonds is 3. The van der Waals surface area contributed by atoms with E-state index in [1.54, 1.807) is 0 Å². The minimum absolute atomic E-state index is 0.472. The Morgan fingerprint density at radius 2 is 1.93 bits per heavy atom. The normalized spacial score (nSPS) is 32.4. The summed E-state index contributed by atoms with van der Waals surface area (Å²) < 4.78 is 5.97. The van der Waals surface area contributed by atoms with Gasteiger partial charge in [-0.2, -0.15) is 0 Å².